The Morgan fingerprint density at radius 2 is 1.56 bits per heavy atom. The topological polar surface area (TPSA) is 52.6 Å². The van der Waals surface area contributed by atoms with Crippen LogP contribution in [0.15, 0.2) is 104 Å². The van der Waals surface area contributed by atoms with Gasteiger partial charge in [-0.25, -0.2) is 0 Å². The zero-order valence-corrected chi connectivity index (χ0v) is 24.0. The van der Waals surface area contributed by atoms with E-state index in [0.29, 0.717) is 12.1 Å². The van der Waals surface area contributed by atoms with Gasteiger partial charge in [-0.3, -0.25) is 19.7 Å². The first kappa shape index (κ1) is 30.0. The molecule has 43 heavy (non-hydrogen) atoms. The van der Waals surface area contributed by atoms with Crippen LogP contribution in [0.4, 0.5) is 24.5 Å². The molecule has 0 unspecified atom stereocenters. The van der Waals surface area contributed by atoms with Gasteiger partial charge in [-0.2, -0.15) is 13.2 Å². The molecule has 2 aromatic carbocycles. The Bertz CT molecular complexity index is 1490. The minimum absolute atomic E-state index is 0.0362. The van der Waals surface area contributed by atoms with Crippen molar-refractivity contribution in [2.75, 3.05) is 25.0 Å². The number of nitrogens with zero attached hydrogens (tertiary/aromatic N) is 5. The van der Waals surface area contributed by atoms with Gasteiger partial charge in [0.25, 0.3) is 0 Å². The second-order valence-electron chi connectivity index (χ2n) is 10.7. The van der Waals surface area contributed by atoms with E-state index >= 15 is 0 Å². The summed E-state index contributed by atoms with van der Waals surface area (Å²) in [7, 11) is 1.99. The first-order valence-electron chi connectivity index (χ1n) is 14.3. The Balaban J connectivity index is 1.30. The summed E-state index contributed by atoms with van der Waals surface area (Å²) in [6, 6.07) is 20.9. The molecule has 3 heterocycles. The Morgan fingerprint density at radius 1 is 0.884 bits per heavy atom. The van der Waals surface area contributed by atoms with Gasteiger partial charge < -0.3 is 9.80 Å². The van der Waals surface area contributed by atoms with E-state index in [0.717, 1.165) is 67.1 Å². The van der Waals surface area contributed by atoms with E-state index in [9.17, 15) is 18.0 Å². The lowest BCUT2D eigenvalue weighted by molar-refractivity contribution is -0.137. The van der Waals surface area contributed by atoms with Crippen LogP contribution < -0.4 is 4.90 Å². The third kappa shape index (κ3) is 8.08. The molecule has 6 nitrogen and oxygen atoms in total. The SMILES string of the molecule is CN(c1ccncc1)c1ccc(CN(C(=O)C=Cc2ccc(C(F)(F)F)cc2)C2CCN(Cc3cccnc3)CC2)cc1. The summed E-state index contributed by atoms with van der Waals surface area (Å²) in [5.74, 6) is -0.163. The number of likely N-dealkylation sites (tertiary alicyclic amines) is 1. The van der Waals surface area contributed by atoms with Crippen molar-refractivity contribution in [3.63, 3.8) is 0 Å². The summed E-state index contributed by atoms with van der Waals surface area (Å²) in [6.45, 7) is 2.95. The van der Waals surface area contributed by atoms with E-state index in [2.05, 4.69) is 25.8 Å². The zero-order valence-electron chi connectivity index (χ0n) is 24.0. The normalized spacial score (nSPS) is 14.6. The molecule has 1 saturated heterocycles. The van der Waals surface area contributed by atoms with E-state index in [1.807, 2.05) is 60.6 Å². The van der Waals surface area contributed by atoms with Crippen molar-refractivity contribution in [2.24, 2.45) is 0 Å². The lowest BCUT2D eigenvalue weighted by Gasteiger charge is -2.38. The standard InChI is InChI=1S/C34H34F3N5O/c1-40(31-14-19-38-20-15-31)30-11-6-27(7-12-30)25-42(32-16-21-41(22-17-32)24-28-3-2-18-39-23-28)33(43)13-8-26-4-9-29(10-5-26)34(35,36)37/h2-15,18-20,23,32H,16-17,21-22,24-25H2,1H3. The predicted octanol–water partition coefficient (Wildman–Crippen LogP) is 6.97. The fraction of sp³-hybridized carbons (Fsp3) is 0.265. The van der Waals surface area contributed by atoms with Crippen LogP contribution in [0.3, 0.4) is 0 Å². The quantitative estimate of drug-likeness (QED) is 0.199. The lowest BCUT2D eigenvalue weighted by Crippen LogP contribution is -2.46. The second kappa shape index (κ2) is 13.6. The van der Waals surface area contributed by atoms with Crippen LogP contribution in [-0.2, 0) is 24.1 Å². The van der Waals surface area contributed by atoms with Gasteiger partial charge in [0.05, 0.1) is 5.56 Å². The highest BCUT2D eigenvalue weighted by Gasteiger charge is 2.30. The average Bonchev–Trinajstić information content (AvgIpc) is 3.03. The van der Waals surface area contributed by atoms with E-state index in [1.54, 1.807) is 24.7 Å². The van der Waals surface area contributed by atoms with Crippen molar-refractivity contribution in [1.82, 2.24) is 19.8 Å². The van der Waals surface area contributed by atoms with Crippen molar-refractivity contribution in [3.05, 3.63) is 126 Å². The molecule has 5 rings (SSSR count). The first-order chi connectivity index (χ1) is 20.8. The van der Waals surface area contributed by atoms with Gasteiger partial charge in [-0.05, 0) is 78.1 Å². The molecular weight excluding hydrogens is 551 g/mol. The van der Waals surface area contributed by atoms with E-state index in [-0.39, 0.29) is 11.9 Å². The highest BCUT2D eigenvalue weighted by atomic mass is 19.4. The van der Waals surface area contributed by atoms with Crippen molar-refractivity contribution >= 4 is 23.4 Å². The number of carbonyl (C=O) groups is 1. The van der Waals surface area contributed by atoms with Crippen LogP contribution in [0, 0.1) is 0 Å². The maximum Gasteiger partial charge on any atom is 0.416 e. The Kier molecular flexibility index (Phi) is 9.51. The molecule has 0 atom stereocenters. The molecule has 0 spiro atoms. The summed E-state index contributed by atoms with van der Waals surface area (Å²) in [5.41, 5.74) is 4.01. The van der Waals surface area contributed by atoms with Crippen molar-refractivity contribution in [2.45, 2.75) is 38.1 Å². The molecule has 2 aromatic heterocycles. The molecule has 1 aliphatic rings. The Hall–Kier alpha value is -4.50. The first-order valence-corrected chi connectivity index (χ1v) is 14.3. The number of hydrogen-bond donors (Lipinski definition) is 0. The molecule has 4 aromatic rings. The number of carbonyl (C=O) groups excluding carboxylic acids is 1. The van der Waals surface area contributed by atoms with Gasteiger partial charge in [0.1, 0.15) is 0 Å². The number of anilines is 2. The smallest absolute Gasteiger partial charge is 0.345 e. The number of rotatable bonds is 9. The maximum absolute atomic E-state index is 13.6. The molecule has 1 amide bonds. The van der Waals surface area contributed by atoms with Gasteiger partial charge in [-0.15, -0.1) is 0 Å². The molecule has 0 N–H and O–H groups in total. The van der Waals surface area contributed by atoms with Gasteiger partial charge in [-0.1, -0.05) is 30.3 Å². The van der Waals surface area contributed by atoms with Gasteiger partial charge in [0, 0.05) is 81.5 Å². The number of piperidine rings is 1. The molecule has 9 heteroatoms. The monoisotopic (exact) mass is 585 g/mol. The van der Waals surface area contributed by atoms with Crippen molar-refractivity contribution in [1.29, 1.82) is 0 Å². The fourth-order valence-electron chi connectivity index (χ4n) is 5.31. The van der Waals surface area contributed by atoms with Crippen LogP contribution in [0.2, 0.25) is 0 Å². The summed E-state index contributed by atoms with van der Waals surface area (Å²) in [4.78, 5) is 28.2. The summed E-state index contributed by atoms with van der Waals surface area (Å²) >= 11 is 0. The van der Waals surface area contributed by atoms with E-state index < -0.39 is 11.7 Å². The summed E-state index contributed by atoms with van der Waals surface area (Å²) in [6.07, 6.45) is 7.45. The minimum atomic E-state index is -4.40. The fourth-order valence-corrected chi connectivity index (χ4v) is 5.31. The van der Waals surface area contributed by atoms with E-state index in [4.69, 9.17) is 0 Å². The molecule has 1 aliphatic heterocycles. The van der Waals surface area contributed by atoms with Gasteiger partial charge in [0.15, 0.2) is 0 Å². The predicted molar refractivity (Wildman–Crippen MR) is 162 cm³/mol. The Labute approximate surface area is 250 Å². The number of benzene rings is 2. The van der Waals surface area contributed by atoms with Crippen LogP contribution in [0.1, 0.15) is 35.1 Å². The summed E-state index contributed by atoms with van der Waals surface area (Å²) < 4.78 is 38.9. The van der Waals surface area contributed by atoms with Crippen LogP contribution in [-0.4, -0.2) is 51.9 Å². The molecule has 222 valence electrons. The second-order valence-corrected chi connectivity index (χ2v) is 10.7. The van der Waals surface area contributed by atoms with Crippen molar-refractivity contribution < 1.29 is 18.0 Å². The van der Waals surface area contributed by atoms with Crippen molar-refractivity contribution in [3.8, 4) is 0 Å². The lowest BCUT2D eigenvalue weighted by atomic mass is 10.0. The van der Waals surface area contributed by atoms with Crippen LogP contribution in [0.5, 0.6) is 0 Å². The molecule has 0 saturated carbocycles. The third-order valence-corrected chi connectivity index (χ3v) is 7.79. The molecule has 0 aliphatic carbocycles. The largest absolute Gasteiger partial charge is 0.416 e. The zero-order chi connectivity index (χ0) is 30.2. The maximum atomic E-state index is 13.6. The number of hydrogen-bond acceptors (Lipinski definition) is 5. The highest BCUT2D eigenvalue weighted by Crippen LogP contribution is 2.29. The molecule has 0 bridgehead atoms. The minimum Gasteiger partial charge on any atom is -0.345 e. The van der Waals surface area contributed by atoms with Crippen LogP contribution >= 0.6 is 0 Å². The molecule has 0 radical (unpaired) electrons. The van der Waals surface area contributed by atoms with E-state index in [1.165, 1.54) is 18.2 Å². The third-order valence-electron chi connectivity index (χ3n) is 7.79. The Morgan fingerprint density at radius 3 is 2.19 bits per heavy atom. The highest BCUT2D eigenvalue weighted by molar-refractivity contribution is 5.92. The number of alkyl halides is 3. The van der Waals surface area contributed by atoms with Crippen LogP contribution in [0.25, 0.3) is 6.08 Å². The molecular formula is C34H34F3N5O. The number of aromatic nitrogens is 2. The average molecular weight is 586 g/mol. The number of pyridine rings is 2. The summed E-state index contributed by atoms with van der Waals surface area (Å²) in [5, 5.41) is 0. The molecule has 1 fully saturated rings. The van der Waals surface area contributed by atoms with Gasteiger partial charge >= 0.3 is 6.18 Å². The van der Waals surface area contributed by atoms with Gasteiger partial charge in [0.2, 0.25) is 5.91 Å². The number of halogens is 3. The number of amides is 1.